The molecule has 3 aromatic carbocycles. The number of methoxy groups -OCH3 is 2. The Hall–Kier alpha value is -4.59. The van der Waals surface area contributed by atoms with E-state index in [1.807, 2.05) is 11.0 Å². The van der Waals surface area contributed by atoms with Gasteiger partial charge in [0.1, 0.15) is 17.3 Å². The van der Waals surface area contributed by atoms with E-state index >= 15 is 0 Å². The minimum absolute atomic E-state index is 0.0813. The number of hydrogen-bond acceptors (Lipinski definition) is 9. The van der Waals surface area contributed by atoms with Crippen LogP contribution in [0.15, 0.2) is 66.7 Å². The number of ketones is 1. The first-order valence-corrected chi connectivity index (χ1v) is 14.2. The van der Waals surface area contributed by atoms with Crippen molar-refractivity contribution in [2.75, 3.05) is 48.8 Å². The van der Waals surface area contributed by atoms with E-state index in [1.165, 1.54) is 14.2 Å². The fourth-order valence-electron chi connectivity index (χ4n) is 4.59. The third kappa shape index (κ3) is 6.82. The van der Waals surface area contributed by atoms with Crippen molar-refractivity contribution in [3.63, 3.8) is 0 Å². The zero-order valence-corrected chi connectivity index (χ0v) is 23.9. The van der Waals surface area contributed by atoms with Crippen LogP contribution in [0.1, 0.15) is 12.8 Å². The van der Waals surface area contributed by atoms with Gasteiger partial charge in [-0.25, -0.2) is 18.5 Å². The number of Topliss-reactive ketones (excluding diaryl/α,β-unsaturated/α-hetero) is 1. The van der Waals surface area contributed by atoms with Gasteiger partial charge >= 0.3 is 0 Å². The van der Waals surface area contributed by atoms with Gasteiger partial charge in [-0.2, -0.15) is 0 Å². The number of amides is 1. The normalized spacial score (nSPS) is 14.3. The number of aromatic nitrogens is 2. The van der Waals surface area contributed by atoms with Crippen LogP contribution in [0.5, 0.6) is 11.5 Å². The summed E-state index contributed by atoms with van der Waals surface area (Å²) < 4.78 is 35.2. The Balaban J connectivity index is 1.48. The molecule has 12 nitrogen and oxygen atoms in total. The van der Waals surface area contributed by atoms with E-state index in [2.05, 4.69) is 10.6 Å². The van der Waals surface area contributed by atoms with Gasteiger partial charge in [0.2, 0.25) is 5.91 Å². The SMILES string of the molecule is COc1cc(Nc2nc3ccccc3nc2N(c2cccc(NC(=O)CN3CCC(=O)CC3)c2)S(=O)O)cc(OC)c1. The topological polar surface area (TPSA) is 146 Å². The quantitative estimate of drug-likeness (QED) is 0.229. The molecular weight excluding hydrogens is 560 g/mol. The van der Waals surface area contributed by atoms with Gasteiger partial charge in [0, 0.05) is 55.5 Å². The molecule has 0 radical (unpaired) electrons. The second-order valence-corrected chi connectivity index (χ2v) is 10.4. The first-order valence-electron chi connectivity index (χ1n) is 13.1. The summed E-state index contributed by atoms with van der Waals surface area (Å²) in [5, 5.41) is 6.04. The van der Waals surface area contributed by atoms with Crippen LogP contribution in [0.25, 0.3) is 11.0 Å². The minimum Gasteiger partial charge on any atom is -0.497 e. The predicted molar refractivity (Wildman–Crippen MR) is 161 cm³/mol. The molecule has 3 N–H and O–H groups in total. The number of nitrogens with one attached hydrogen (secondary N) is 2. The molecule has 1 saturated heterocycles. The molecule has 1 aliphatic rings. The van der Waals surface area contributed by atoms with Crippen LogP contribution in [0, 0.1) is 0 Å². The maximum Gasteiger partial charge on any atom is 0.268 e. The van der Waals surface area contributed by atoms with Gasteiger partial charge in [-0.15, -0.1) is 0 Å². The van der Waals surface area contributed by atoms with Gasteiger partial charge < -0.3 is 20.1 Å². The first kappa shape index (κ1) is 28.9. The van der Waals surface area contributed by atoms with Crippen LogP contribution in [0.4, 0.5) is 28.7 Å². The van der Waals surface area contributed by atoms with Crippen LogP contribution in [-0.2, 0) is 20.9 Å². The van der Waals surface area contributed by atoms with Crippen molar-refractivity contribution in [3.8, 4) is 11.5 Å². The molecule has 1 fully saturated rings. The molecule has 1 amide bonds. The van der Waals surface area contributed by atoms with E-state index in [0.717, 1.165) is 4.31 Å². The van der Waals surface area contributed by atoms with Crippen LogP contribution >= 0.6 is 0 Å². The predicted octanol–water partition coefficient (Wildman–Crippen LogP) is 4.27. The fourth-order valence-corrected chi connectivity index (χ4v) is 5.16. The van der Waals surface area contributed by atoms with Crippen LogP contribution in [-0.4, -0.2) is 69.2 Å². The number of nitrogens with zero attached hydrogens (tertiary/aromatic N) is 4. The lowest BCUT2D eigenvalue weighted by Crippen LogP contribution is -2.39. The third-order valence-electron chi connectivity index (χ3n) is 6.66. The molecule has 0 saturated carbocycles. The number of benzene rings is 3. The molecule has 1 atom stereocenters. The number of carbonyl (C=O) groups is 2. The van der Waals surface area contributed by atoms with Gasteiger partial charge in [-0.05, 0) is 30.3 Å². The number of fused-ring (bicyclic) bond motifs is 1. The van der Waals surface area contributed by atoms with E-state index in [-0.39, 0.29) is 29.9 Å². The molecule has 1 aromatic heterocycles. The summed E-state index contributed by atoms with van der Waals surface area (Å²) in [7, 11) is 3.07. The van der Waals surface area contributed by atoms with Crippen molar-refractivity contribution in [2.24, 2.45) is 0 Å². The van der Waals surface area contributed by atoms with Crippen LogP contribution < -0.4 is 24.4 Å². The van der Waals surface area contributed by atoms with E-state index in [0.29, 0.717) is 65.5 Å². The van der Waals surface area contributed by atoms with Gasteiger partial charge in [-0.1, -0.05) is 18.2 Å². The molecule has 218 valence electrons. The van der Waals surface area contributed by atoms with Crippen molar-refractivity contribution in [1.82, 2.24) is 14.9 Å². The molecule has 13 heteroatoms. The number of rotatable bonds is 10. The monoisotopic (exact) mass is 590 g/mol. The number of likely N-dealkylation sites (tertiary alicyclic amines) is 1. The highest BCUT2D eigenvalue weighted by molar-refractivity contribution is 7.81. The van der Waals surface area contributed by atoms with Gasteiger partial charge in [0.15, 0.2) is 11.6 Å². The third-order valence-corrected chi connectivity index (χ3v) is 7.36. The molecule has 0 spiro atoms. The van der Waals surface area contributed by atoms with E-state index < -0.39 is 11.3 Å². The van der Waals surface area contributed by atoms with Crippen LogP contribution in [0.3, 0.4) is 0 Å². The molecule has 2 heterocycles. The largest absolute Gasteiger partial charge is 0.497 e. The maximum atomic E-state index is 12.8. The number of piperidine rings is 1. The second kappa shape index (κ2) is 12.9. The van der Waals surface area contributed by atoms with Crippen molar-refractivity contribution < 1.29 is 27.8 Å². The van der Waals surface area contributed by atoms with Crippen molar-refractivity contribution >= 4 is 62.7 Å². The zero-order chi connectivity index (χ0) is 29.6. The highest BCUT2D eigenvalue weighted by atomic mass is 32.2. The average Bonchev–Trinajstić information content (AvgIpc) is 2.98. The van der Waals surface area contributed by atoms with Crippen LogP contribution in [0.2, 0.25) is 0 Å². The Morgan fingerprint density at radius 3 is 2.26 bits per heavy atom. The summed E-state index contributed by atoms with van der Waals surface area (Å²) in [6.45, 7) is 1.22. The fraction of sp³-hybridized carbons (Fsp3) is 0.241. The van der Waals surface area contributed by atoms with Crippen molar-refractivity contribution in [1.29, 1.82) is 0 Å². The molecular formula is C29H30N6O6S. The number of para-hydroxylation sites is 2. The summed E-state index contributed by atoms with van der Waals surface area (Å²) >= 11 is -2.57. The maximum absolute atomic E-state index is 12.8. The number of ether oxygens (including phenoxy) is 2. The highest BCUT2D eigenvalue weighted by Crippen LogP contribution is 2.36. The Bertz CT molecular complexity index is 1620. The smallest absolute Gasteiger partial charge is 0.268 e. The molecule has 0 bridgehead atoms. The summed E-state index contributed by atoms with van der Waals surface area (Å²) in [6, 6.07) is 18.9. The molecule has 5 rings (SSSR count). The molecule has 4 aromatic rings. The van der Waals surface area contributed by atoms with Gasteiger partial charge in [-0.3, -0.25) is 19.0 Å². The average molecular weight is 591 g/mol. The first-order chi connectivity index (χ1) is 20.3. The second-order valence-electron chi connectivity index (χ2n) is 9.55. The zero-order valence-electron chi connectivity index (χ0n) is 23.1. The Morgan fingerprint density at radius 2 is 1.62 bits per heavy atom. The number of anilines is 5. The summed E-state index contributed by atoms with van der Waals surface area (Å²) in [5.41, 5.74) is 2.37. The number of hydrogen-bond donors (Lipinski definition) is 3. The van der Waals surface area contributed by atoms with Crippen molar-refractivity contribution in [2.45, 2.75) is 12.8 Å². The highest BCUT2D eigenvalue weighted by Gasteiger charge is 2.24. The lowest BCUT2D eigenvalue weighted by Gasteiger charge is -2.25. The Labute approximate surface area is 245 Å². The molecule has 42 heavy (non-hydrogen) atoms. The molecule has 0 aliphatic carbocycles. The van der Waals surface area contributed by atoms with Gasteiger partial charge in [0.05, 0.1) is 37.5 Å². The standard InChI is InChI=1S/C29H30N6O6S/c1-40-23-15-20(16-24(17-23)41-2)31-28-29(33-26-9-4-3-8-25(26)32-28)35(42(38)39)21-7-5-6-19(14-21)30-27(37)18-34-12-10-22(36)11-13-34/h3-9,14-17H,10-13,18H2,1-2H3,(H,30,37)(H,31,32)(H,38,39). The summed E-state index contributed by atoms with van der Waals surface area (Å²) in [4.78, 5) is 35.6. The Kier molecular flexibility index (Phi) is 8.91. The lowest BCUT2D eigenvalue weighted by atomic mass is 10.1. The minimum atomic E-state index is -2.57. The lowest BCUT2D eigenvalue weighted by molar-refractivity contribution is -0.124. The van der Waals surface area contributed by atoms with Gasteiger partial charge in [0.25, 0.3) is 11.3 Å². The van der Waals surface area contributed by atoms with E-state index in [1.54, 1.807) is 60.7 Å². The molecule has 1 unspecified atom stereocenters. The number of carbonyl (C=O) groups excluding carboxylic acids is 2. The summed E-state index contributed by atoms with van der Waals surface area (Å²) in [5.74, 6) is 1.31. The van der Waals surface area contributed by atoms with E-state index in [9.17, 15) is 18.4 Å². The summed E-state index contributed by atoms with van der Waals surface area (Å²) in [6.07, 6.45) is 0.873. The van der Waals surface area contributed by atoms with E-state index in [4.69, 9.17) is 19.4 Å². The Morgan fingerprint density at radius 1 is 0.952 bits per heavy atom. The van der Waals surface area contributed by atoms with Crippen molar-refractivity contribution in [3.05, 3.63) is 66.7 Å². The molecule has 1 aliphatic heterocycles.